The van der Waals surface area contributed by atoms with Crippen LogP contribution in [0.5, 0.6) is 5.75 Å². The van der Waals surface area contributed by atoms with E-state index in [2.05, 4.69) is 0 Å². The molecule has 2 aliphatic carbocycles. The molecule has 5 rings (SSSR count). The lowest BCUT2D eigenvalue weighted by Gasteiger charge is -2.43. The molecule has 2 aromatic carbocycles. The first-order chi connectivity index (χ1) is 17.7. The summed E-state index contributed by atoms with van der Waals surface area (Å²) in [6.07, 6.45) is 2.81. The maximum Gasteiger partial charge on any atom is 0.323 e. The van der Waals surface area contributed by atoms with Crippen molar-refractivity contribution in [3.8, 4) is 5.75 Å². The van der Waals surface area contributed by atoms with Crippen LogP contribution in [0.1, 0.15) is 55.6 Å². The van der Waals surface area contributed by atoms with Gasteiger partial charge in [0.05, 0.1) is 5.02 Å². The lowest BCUT2D eigenvalue weighted by atomic mass is 9.70. The van der Waals surface area contributed by atoms with Gasteiger partial charge in [0.25, 0.3) is 0 Å². The molecule has 0 bridgehead atoms. The van der Waals surface area contributed by atoms with Crippen LogP contribution in [0.4, 0.5) is 4.39 Å². The van der Waals surface area contributed by atoms with Gasteiger partial charge >= 0.3 is 5.97 Å². The predicted molar refractivity (Wildman–Crippen MR) is 136 cm³/mol. The second kappa shape index (κ2) is 10.3. The normalized spacial score (nSPS) is 18.2. The number of rotatable bonds is 6. The maximum atomic E-state index is 13.7. The molecule has 0 unspecified atom stereocenters. The topological polar surface area (TPSA) is 83.9 Å². The molecule has 0 aromatic heterocycles. The Balaban J connectivity index is 1.69. The first-order valence-electron chi connectivity index (χ1n) is 12.1. The molecule has 1 heterocycles. The van der Waals surface area contributed by atoms with Gasteiger partial charge in [0.2, 0.25) is 0 Å². The van der Waals surface area contributed by atoms with E-state index in [-0.39, 0.29) is 35.5 Å². The summed E-state index contributed by atoms with van der Waals surface area (Å²) in [7, 11) is 0. The highest BCUT2D eigenvalue weighted by atomic mass is 35.5. The molecule has 0 fully saturated rings. The molecule has 6 nitrogen and oxygen atoms in total. The Kier molecular flexibility index (Phi) is 7.10. The third-order valence-corrected chi connectivity index (χ3v) is 7.50. The van der Waals surface area contributed by atoms with E-state index in [1.165, 1.54) is 18.2 Å². The van der Waals surface area contributed by atoms with Crippen LogP contribution >= 0.6 is 23.2 Å². The van der Waals surface area contributed by atoms with Gasteiger partial charge in [-0.25, -0.2) is 4.39 Å². The average molecular weight is 544 g/mol. The standard InChI is InChI=1S/C28H24Cl2FNO5/c29-16-11-18(28(19(30)12-16)37-14-15-4-1-5-17(31)10-15)25-26-20(6-2-8-22(26)33)32(13-24(35)36)21-7-3-9-23(34)27(21)25/h1,4-5,10-12,25H,2-3,6-9,13-14H2,(H,35,36). The Hall–Kier alpha value is -3.16. The third kappa shape index (κ3) is 4.90. The van der Waals surface area contributed by atoms with Crippen molar-refractivity contribution in [1.29, 1.82) is 0 Å². The predicted octanol–water partition coefficient (Wildman–Crippen LogP) is 6.21. The highest BCUT2D eigenvalue weighted by Gasteiger charge is 2.45. The van der Waals surface area contributed by atoms with Crippen molar-refractivity contribution < 1.29 is 28.6 Å². The molecule has 0 spiro atoms. The van der Waals surface area contributed by atoms with Crippen LogP contribution in [0.25, 0.3) is 0 Å². The SMILES string of the molecule is O=C(O)CN1C2=C(C(=O)CCC2)C(c2cc(Cl)cc(Cl)c2OCc2cccc(F)c2)C2=C1CCCC2=O. The largest absolute Gasteiger partial charge is 0.487 e. The van der Waals surface area contributed by atoms with Crippen LogP contribution in [0.3, 0.4) is 0 Å². The maximum absolute atomic E-state index is 13.7. The van der Waals surface area contributed by atoms with Crippen molar-refractivity contribution >= 4 is 40.7 Å². The van der Waals surface area contributed by atoms with Crippen LogP contribution in [0.15, 0.2) is 58.9 Å². The molecule has 0 saturated carbocycles. The summed E-state index contributed by atoms with van der Waals surface area (Å²) in [5.74, 6) is -2.26. The van der Waals surface area contributed by atoms with Gasteiger partial charge in [-0.05, 0) is 55.5 Å². The van der Waals surface area contributed by atoms with E-state index in [1.54, 1.807) is 23.1 Å². The molecule has 192 valence electrons. The number of carboxylic acids is 1. The van der Waals surface area contributed by atoms with Crippen molar-refractivity contribution in [2.75, 3.05) is 6.54 Å². The number of allylic oxidation sites excluding steroid dienone is 4. The number of carbonyl (C=O) groups is 3. The minimum absolute atomic E-state index is 0.00364. The van der Waals surface area contributed by atoms with E-state index in [4.69, 9.17) is 27.9 Å². The number of ether oxygens (including phenoxy) is 1. The molecule has 0 amide bonds. The minimum Gasteiger partial charge on any atom is -0.487 e. The molecule has 0 atom stereocenters. The number of Topliss-reactive ketones (excluding diaryl/α,β-unsaturated/α-hetero) is 2. The summed E-state index contributed by atoms with van der Waals surface area (Å²) in [6, 6.07) is 9.14. The molecule has 0 radical (unpaired) electrons. The van der Waals surface area contributed by atoms with Crippen molar-refractivity contribution in [2.45, 2.75) is 51.0 Å². The van der Waals surface area contributed by atoms with Gasteiger partial charge < -0.3 is 14.7 Å². The van der Waals surface area contributed by atoms with Gasteiger partial charge in [0, 0.05) is 51.9 Å². The lowest BCUT2D eigenvalue weighted by molar-refractivity contribution is -0.138. The average Bonchev–Trinajstić information content (AvgIpc) is 2.84. The van der Waals surface area contributed by atoms with Crippen LogP contribution in [0.2, 0.25) is 10.0 Å². The fourth-order valence-electron chi connectivity index (χ4n) is 5.58. The number of nitrogens with zero attached hydrogens (tertiary/aromatic N) is 1. The number of ketones is 2. The second-order valence-electron chi connectivity index (χ2n) is 9.41. The first kappa shape index (κ1) is 25.5. The van der Waals surface area contributed by atoms with E-state index in [9.17, 15) is 23.9 Å². The number of hydrogen-bond donors (Lipinski definition) is 1. The van der Waals surface area contributed by atoms with Gasteiger partial charge in [-0.3, -0.25) is 14.4 Å². The Morgan fingerprint density at radius 2 is 1.65 bits per heavy atom. The molecule has 1 aliphatic heterocycles. The number of aliphatic carboxylic acids is 1. The quantitative estimate of drug-likeness (QED) is 0.466. The second-order valence-corrected chi connectivity index (χ2v) is 10.3. The smallest absolute Gasteiger partial charge is 0.323 e. The molecular weight excluding hydrogens is 520 g/mol. The summed E-state index contributed by atoms with van der Waals surface area (Å²) in [5, 5.41) is 10.1. The van der Waals surface area contributed by atoms with Crippen molar-refractivity contribution in [2.24, 2.45) is 0 Å². The summed E-state index contributed by atoms with van der Waals surface area (Å²) < 4.78 is 19.9. The van der Waals surface area contributed by atoms with E-state index >= 15 is 0 Å². The van der Waals surface area contributed by atoms with E-state index in [0.717, 1.165) is 0 Å². The lowest BCUT2D eigenvalue weighted by Crippen LogP contribution is -2.41. The summed E-state index contributed by atoms with van der Waals surface area (Å²) in [4.78, 5) is 40.2. The van der Waals surface area contributed by atoms with Gasteiger partial charge in [-0.15, -0.1) is 0 Å². The number of benzene rings is 2. The van der Waals surface area contributed by atoms with Crippen molar-refractivity contribution in [1.82, 2.24) is 4.90 Å². The Labute approximate surface area is 223 Å². The van der Waals surface area contributed by atoms with Crippen molar-refractivity contribution in [3.05, 3.63) is 85.9 Å². The molecular formula is C28H24Cl2FNO5. The fourth-order valence-corrected chi connectivity index (χ4v) is 6.15. The van der Waals surface area contributed by atoms with E-state index < -0.39 is 17.7 Å². The molecule has 1 N–H and O–H groups in total. The molecule has 9 heteroatoms. The zero-order chi connectivity index (χ0) is 26.3. The molecule has 2 aromatic rings. The summed E-state index contributed by atoms with van der Waals surface area (Å²) in [5.41, 5.74) is 3.10. The van der Waals surface area contributed by atoms with Crippen LogP contribution in [-0.4, -0.2) is 34.1 Å². The molecule has 3 aliphatic rings. The number of carboxylic acid groups (broad SMARTS) is 1. The number of hydrogen-bond acceptors (Lipinski definition) is 5. The van der Waals surface area contributed by atoms with Crippen LogP contribution < -0.4 is 4.74 Å². The van der Waals surface area contributed by atoms with Gasteiger partial charge in [-0.2, -0.15) is 0 Å². The monoisotopic (exact) mass is 543 g/mol. The zero-order valence-electron chi connectivity index (χ0n) is 19.9. The Bertz CT molecular complexity index is 1340. The number of halogens is 3. The summed E-state index contributed by atoms with van der Waals surface area (Å²) >= 11 is 13.0. The molecule has 37 heavy (non-hydrogen) atoms. The highest BCUT2D eigenvalue weighted by molar-refractivity contribution is 6.35. The third-order valence-electron chi connectivity index (χ3n) is 7.00. The van der Waals surface area contributed by atoms with Crippen molar-refractivity contribution in [3.63, 3.8) is 0 Å². The number of carbonyl (C=O) groups excluding carboxylic acids is 2. The Morgan fingerprint density at radius 1 is 1.00 bits per heavy atom. The first-order valence-corrected chi connectivity index (χ1v) is 12.9. The molecule has 0 saturated heterocycles. The fraction of sp³-hybridized carbons (Fsp3) is 0.321. The van der Waals surface area contributed by atoms with Crippen LogP contribution in [0, 0.1) is 5.82 Å². The zero-order valence-corrected chi connectivity index (χ0v) is 21.4. The highest BCUT2D eigenvalue weighted by Crippen LogP contribution is 2.52. The van der Waals surface area contributed by atoms with Gasteiger partial charge in [0.1, 0.15) is 24.7 Å². The Morgan fingerprint density at radius 3 is 2.24 bits per heavy atom. The van der Waals surface area contributed by atoms with Crippen LogP contribution in [-0.2, 0) is 21.0 Å². The minimum atomic E-state index is -1.04. The van der Waals surface area contributed by atoms with Gasteiger partial charge in [0.15, 0.2) is 11.6 Å². The van der Waals surface area contributed by atoms with Gasteiger partial charge in [-0.1, -0.05) is 35.3 Å². The van der Waals surface area contributed by atoms with E-state index in [0.29, 0.717) is 77.2 Å². The summed E-state index contributed by atoms with van der Waals surface area (Å²) in [6.45, 7) is -0.326. The van der Waals surface area contributed by atoms with E-state index in [1.807, 2.05) is 0 Å².